The fourth-order valence-corrected chi connectivity index (χ4v) is 6.01. The van der Waals surface area contributed by atoms with Gasteiger partial charge >= 0.3 is 0 Å². The zero-order chi connectivity index (χ0) is 25.7. The van der Waals surface area contributed by atoms with Crippen LogP contribution in [0.4, 0.5) is 5.69 Å². The number of nitrogens with zero attached hydrogens (tertiary/aromatic N) is 3. The number of hydrogen-bond acceptors (Lipinski definition) is 7. The number of ketones is 1. The maximum Gasteiger partial charge on any atom is 0.273 e. The van der Waals surface area contributed by atoms with E-state index in [4.69, 9.17) is 4.74 Å². The summed E-state index contributed by atoms with van der Waals surface area (Å²) in [6.07, 6.45) is 2.57. The summed E-state index contributed by atoms with van der Waals surface area (Å²) in [5.41, 5.74) is 0.0969. The Morgan fingerprint density at radius 3 is 2.00 bits per heavy atom. The van der Waals surface area contributed by atoms with E-state index in [1.54, 1.807) is 24.3 Å². The number of carbonyl (C=O) groups excluding carboxylic acids is 4. The van der Waals surface area contributed by atoms with Gasteiger partial charge in [0, 0.05) is 23.3 Å². The molecule has 5 atom stereocenters. The van der Waals surface area contributed by atoms with E-state index in [0.29, 0.717) is 5.75 Å². The van der Waals surface area contributed by atoms with Crippen molar-refractivity contribution in [2.75, 3.05) is 7.11 Å². The first-order valence-electron chi connectivity index (χ1n) is 11.9. The minimum atomic E-state index is -1.19. The number of Topliss-reactive ketones (excluding diaryl/α,β-unsaturated/α-hetero) is 1. The average molecular weight is 492 g/mol. The molecule has 1 heterocycles. The second kappa shape index (κ2) is 8.85. The van der Waals surface area contributed by atoms with Gasteiger partial charge in [-0.05, 0) is 74.4 Å². The Morgan fingerprint density at radius 1 is 0.972 bits per heavy atom. The van der Waals surface area contributed by atoms with Crippen molar-refractivity contribution >= 4 is 29.2 Å². The van der Waals surface area contributed by atoms with Gasteiger partial charge in [0.1, 0.15) is 11.8 Å². The number of fused-ring (bicyclic) bond motifs is 5. The third-order valence-electron chi connectivity index (χ3n) is 7.77. The number of carbonyl (C=O) groups is 4. The fourth-order valence-electron chi connectivity index (χ4n) is 6.01. The summed E-state index contributed by atoms with van der Waals surface area (Å²) in [6.45, 7) is 1.47. The number of nitro groups is 1. The molecule has 10 nitrogen and oxygen atoms in total. The van der Waals surface area contributed by atoms with Crippen LogP contribution in [0.2, 0.25) is 0 Å². The fraction of sp³-hybridized carbons (Fsp3) is 0.385. The van der Waals surface area contributed by atoms with Gasteiger partial charge in [-0.15, -0.1) is 0 Å². The van der Waals surface area contributed by atoms with E-state index in [1.807, 2.05) is 0 Å². The zero-order valence-corrected chi connectivity index (χ0v) is 19.8. The van der Waals surface area contributed by atoms with Gasteiger partial charge in [0.15, 0.2) is 5.78 Å². The van der Waals surface area contributed by atoms with Crippen LogP contribution in [0.5, 0.6) is 5.75 Å². The van der Waals surface area contributed by atoms with Gasteiger partial charge in [0.25, 0.3) is 23.4 Å². The lowest BCUT2D eigenvalue weighted by atomic mass is 9.81. The summed E-state index contributed by atoms with van der Waals surface area (Å²) >= 11 is 0. The highest BCUT2D eigenvalue weighted by Gasteiger charge is 2.63. The number of benzene rings is 2. The van der Waals surface area contributed by atoms with Gasteiger partial charge in [-0.25, -0.2) is 5.01 Å². The molecular formula is C26H25N3O7. The zero-order valence-electron chi connectivity index (χ0n) is 19.8. The molecule has 2 saturated carbocycles. The van der Waals surface area contributed by atoms with Gasteiger partial charge in [0.2, 0.25) is 0 Å². The Hall–Kier alpha value is -4.08. The Labute approximate surface area is 206 Å². The van der Waals surface area contributed by atoms with E-state index in [0.717, 1.165) is 29.3 Å². The van der Waals surface area contributed by atoms with Crippen molar-refractivity contribution in [2.45, 2.75) is 32.2 Å². The molecule has 3 amide bonds. The summed E-state index contributed by atoms with van der Waals surface area (Å²) in [5, 5.41) is 12.9. The Balaban J connectivity index is 1.52. The molecule has 2 aromatic rings. The standard InChI is InChI=1S/C26H25N3O7/c1-14(23(30)15-7-11-20(36-2)12-8-15)27(24(31)16-5-9-19(10-6-16)29(34)35)28-25(32)21-17-3-4-18(13-17)22(21)26(28)33/h5-12,14,17-18,21-22H,3-4,13H2,1-2H3/t14-,17-,18-,21-,22+/m0/s1. The molecular weight excluding hydrogens is 466 g/mol. The maximum atomic E-state index is 13.7. The molecule has 2 aromatic carbocycles. The lowest BCUT2D eigenvalue weighted by Gasteiger charge is -2.35. The van der Waals surface area contributed by atoms with E-state index < -0.39 is 46.3 Å². The molecule has 2 bridgehead atoms. The Kier molecular flexibility index (Phi) is 5.82. The molecule has 2 aliphatic carbocycles. The Morgan fingerprint density at radius 2 is 1.50 bits per heavy atom. The van der Waals surface area contributed by atoms with Crippen molar-refractivity contribution < 1.29 is 28.8 Å². The van der Waals surface area contributed by atoms with Crippen LogP contribution < -0.4 is 4.74 Å². The molecule has 3 aliphatic rings. The van der Waals surface area contributed by atoms with Crippen LogP contribution in [-0.4, -0.2) is 51.6 Å². The summed E-state index contributed by atoms with van der Waals surface area (Å²) in [7, 11) is 1.50. The summed E-state index contributed by atoms with van der Waals surface area (Å²) in [6, 6.07) is 9.98. The first kappa shape index (κ1) is 23.7. The number of amides is 3. The van der Waals surface area contributed by atoms with Crippen LogP contribution in [0.15, 0.2) is 48.5 Å². The minimum absolute atomic E-state index is 0.0237. The van der Waals surface area contributed by atoms with Crippen LogP contribution in [-0.2, 0) is 9.59 Å². The normalized spacial score (nSPS) is 25.0. The molecule has 3 fully saturated rings. The van der Waals surface area contributed by atoms with Crippen LogP contribution in [0, 0.1) is 33.8 Å². The molecule has 5 rings (SSSR count). The number of non-ortho nitro benzene ring substituents is 1. The van der Waals surface area contributed by atoms with E-state index in [1.165, 1.54) is 38.3 Å². The molecule has 1 saturated heterocycles. The summed E-state index contributed by atoms with van der Waals surface area (Å²) in [5.74, 6) is -2.34. The molecule has 0 spiro atoms. The third kappa shape index (κ3) is 3.64. The third-order valence-corrected chi connectivity index (χ3v) is 7.77. The second-order valence-corrected chi connectivity index (χ2v) is 9.60. The van der Waals surface area contributed by atoms with Gasteiger partial charge in [-0.2, -0.15) is 5.01 Å². The number of hydrogen-bond donors (Lipinski definition) is 0. The highest BCUT2D eigenvalue weighted by molar-refractivity contribution is 6.10. The monoisotopic (exact) mass is 491 g/mol. The van der Waals surface area contributed by atoms with Crippen molar-refractivity contribution in [2.24, 2.45) is 23.7 Å². The topological polar surface area (TPSA) is 127 Å². The van der Waals surface area contributed by atoms with Gasteiger partial charge < -0.3 is 4.74 Å². The van der Waals surface area contributed by atoms with E-state index in [9.17, 15) is 29.3 Å². The largest absolute Gasteiger partial charge is 0.497 e. The van der Waals surface area contributed by atoms with E-state index >= 15 is 0 Å². The van der Waals surface area contributed by atoms with E-state index in [2.05, 4.69) is 0 Å². The van der Waals surface area contributed by atoms with Crippen LogP contribution in [0.25, 0.3) is 0 Å². The molecule has 0 unspecified atom stereocenters. The number of rotatable bonds is 7. The predicted octanol–water partition coefficient (Wildman–Crippen LogP) is 3.26. The first-order valence-corrected chi connectivity index (χ1v) is 11.9. The smallest absolute Gasteiger partial charge is 0.273 e. The van der Waals surface area contributed by atoms with Crippen LogP contribution in [0.3, 0.4) is 0 Å². The number of hydrazine groups is 1. The van der Waals surface area contributed by atoms with Crippen LogP contribution in [0.1, 0.15) is 46.9 Å². The lowest BCUT2D eigenvalue weighted by molar-refractivity contribution is -0.384. The molecule has 0 aromatic heterocycles. The van der Waals surface area contributed by atoms with Crippen LogP contribution >= 0.6 is 0 Å². The molecule has 36 heavy (non-hydrogen) atoms. The van der Waals surface area contributed by atoms with Gasteiger partial charge in [-0.1, -0.05) is 0 Å². The SMILES string of the molecule is COc1ccc(C(=O)[C@H](C)N(C(=O)c2ccc([N+](=O)[O-])cc2)N2C(=O)[C@@H]3[C@H]4CC[C@@H](C4)[C@@H]3C2=O)cc1. The Bertz CT molecular complexity index is 1230. The molecule has 0 N–H and O–H groups in total. The molecule has 10 heteroatoms. The van der Waals surface area contributed by atoms with Crippen molar-refractivity contribution in [3.8, 4) is 5.75 Å². The van der Waals surface area contributed by atoms with Gasteiger partial charge in [0.05, 0.1) is 23.9 Å². The number of imide groups is 1. The minimum Gasteiger partial charge on any atom is -0.497 e. The van der Waals surface area contributed by atoms with Crippen molar-refractivity contribution in [1.29, 1.82) is 0 Å². The van der Waals surface area contributed by atoms with E-state index in [-0.39, 0.29) is 28.7 Å². The number of nitro benzene ring substituents is 1. The van der Waals surface area contributed by atoms with Gasteiger partial charge in [-0.3, -0.25) is 29.3 Å². The second-order valence-electron chi connectivity index (χ2n) is 9.60. The number of ether oxygens (including phenoxy) is 1. The summed E-state index contributed by atoms with van der Waals surface area (Å²) < 4.78 is 5.14. The average Bonchev–Trinajstić information content (AvgIpc) is 3.58. The first-order chi connectivity index (χ1) is 17.2. The number of methoxy groups -OCH3 is 1. The summed E-state index contributed by atoms with van der Waals surface area (Å²) in [4.78, 5) is 64.7. The lowest BCUT2D eigenvalue weighted by Crippen LogP contribution is -2.56. The van der Waals surface area contributed by atoms with Crippen molar-refractivity contribution in [3.63, 3.8) is 0 Å². The van der Waals surface area contributed by atoms with Crippen molar-refractivity contribution in [1.82, 2.24) is 10.0 Å². The molecule has 186 valence electrons. The predicted molar refractivity (Wildman–Crippen MR) is 126 cm³/mol. The molecule has 1 aliphatic heterocycles. The highest BCUT2D eigenvalue weighted by Crippen LogP contribution is 2.56. The maximum absolute atomic E-state index is 13.7. The quantitative estimate of drug-likeness (QED) is 0.252. The molecule has 0 radical (unpaired) electrons. The highest BCUT2D eigenvalue weighted by atomic mass is 16.6. The van der Waals surface area contributed by atoms with Crippen molar-refractivity contribution in [3.05, 3.63) is 69.8 Å².